The third kappa shape index (κ3) is 3.66. The molecule has 0 amide bonds. The molecule has 1 aromatic rings. The van der Waals surface area contributed by atoms with Crippen LogP contribution in [0.3, 0.4) is 0 Å². The lowest BCUT2D eigenvalue weighted by Gasteiger charge is -2.33. The maximum atomic E-state index is 5.66. The fourth-order valence-corrected chi connectivity index (χ4v) is 2.43. The molecular weight excluding hydrogens is 244 g/mol. The van der Waals surface area contributed by atoms with E-state index in [-0.39, 0.29) is 12.0 Å². The number of rotatable bonds is 4. The van der Waals surface area contributed by atoms with E-state index in [0.717, 1.165) is 38.4 Å². The van der Waals surface area contributed by atoms with Crippen LogP contribution >= 0.6 is 0 Å². The molecule has 2 N–H and O–H groups in total. The number of anilines is 2. The van der Waals surface area contributed by atoms with Gasteiger partial charge in [0.2, 0.25) is 11.9 Å². The molecule has 106 valence electrons. The summed E-state index contributed by atoms with van der Waals surface area (Å²) < 4.78 is 5.02. The Morgan fingerprint density at radius 2 is 1.95 bits per heavy atom. The minimum absolute atomic E-state index is 0.206. The molecule has 1 saturated heterocycles. The van der Waals surface area contributed by atoms with Crippen molar-refractivity contribution >= 4 is 11.9 Å². The van der Waals surface area contributed by atoms with Crippen LogP contribution in [-0.4, -0.2) is 60.7 Å². The highest BCUT2D eigenvalue weighted by atomic mass is 16.5. The van der Waals surface area contributed by atoms with E-state index < -0.39 is 0 Å². The molecule has 0 unspecified atom stereocenters. The molecule has 1 aliphatic rings. The molecule has 7 heteroatoms. The van der Waals surface area contributed by atoms with Gasteiger partial charge in [-0.05, 0) is 32.9 Å². The van der Waals surface area contributed by atoms with Gasteiger partial charge in [-0.1, -0.05) is 0 Å². The summed E-state index contributed by atoms with van der Waals surface area (Å²) in [4.78, 5) is 16.7. The minimum atomic E-state index is 0.206. The lowest BCUT2D eigenvalue weighted by Crippen LogP contribution is -2.38. The number of nitrogens with two attached hydrogens (primary N) is 1. The summed E-state index contributed by atoms with van der Waals surface area (Å²) in [6.45, 7) is 3.03. The minimum Gasteiger partial charge on any atom is -0.467 e. The molecule has 2 heterocycles. The first kappa shape index (κ1) is 13.8. The smallest absolute Gasteiger partial charge is 0.322 e. The predicted molar refractivity (Wildman–Crippen MR) is 74.3 cm³/mol. The van der Waals surface area contributed by atoms with Gasteiger partial charge in [0, 0.05) is 19.6 Å². The number of nitrogen functional groups attached to an aromatic ring is 1. The first-order chi connectivity index (χ1) is 9.08. The summed E-state index contributed by atoms with van der Waals surface area (Å²) in [6.07, 6.45) is 2.29. The number of methoxy groups -OCH3 is 1. The molecule has 0 spiro atoms. The van der Waals surface area contributed by atoms with Gasteiger partial charge in [-0.15, -0.1) is 0 Å². The predicted octanol–water partition coefficient (Wildman–Crippen LogP) is 0.240. The zero-order valence-electron chi connectivity index (χ0n) is 11.8. The maximum Gasteiger partial charge on any atom is 0.322 e. The monoisotopic (exact) mass is 266 g/mol. The molecule has 1 fully saturated rings. The quantitative estimate of drug-likeness (QED) is 0.836. The van der Waals surface area contributed by atoms with Gasteiger partial charge in [-0.25, -0.2) is 0 Å². The molecule has 1 aliphatic heterocycles. The molecule has 0 aliphatic carbocycles. The van der Waals surface area contributed by atoms with Crippen LogP contribution in [-0.2, 0) is 0 Å². The normalized spacial score (nSPS) is 16.9. The van der Waals surface area contributed by atoms with Gasteiger partial charge >= 0.3 is 6.01 Å². The van der Waals surface area contributed by atoms with Crippen LogP contribution < -0.4 is 15.4 Å². The van der Waals surface area contributed by atoms with Gasteiger partial charge in [0.05, 0.1) is 7.11 Å². The third-order valence-electron chi connectivity index (χ3n) is 3.32. The zero-order chi connectivity index (χ0) is 13.8. The molecule has 2 rings (SSSR count). The Kier molecular flexibility index (Phi) is 4.36. The van der Waals surface area contributed by atoms with Crippen LogP contribution in [0.5, 0.6) is 6.01 Å². The summed E-state index contributed by atoms with van der Waals surface area (Å²) in [5, 5.41) is 0. The highest BCUT2D eigenvalue weighted by Gasteiger charge is 2.22. The molecular formula is C12H22N6O. The SMILES string of the molecule is COc1nc(N)nc(N2CCC(CN(C)C)CC2)n1. The average molecular weight is 266 g/mol. The number of aromatic nitrogens is 3. The van der Waals surface area contributed by atoms with Gasteiger partial charge in [0.1, 0.15) is 0 Å². The number of piperidine rings is 1. The topological polar surface area (TPSA) is 80.4 Å². The van der Waals surface area contributed by atoms with Crippen molar-refractivity contribution in [3.05, 3.63) is 0 Å². The Labute approximate surface area is 113 Å². The Morgan fingerprint density at radius 3 is 2.53 bits per heavy atom. The van der Waals surface area contributed by atoms with E-state index in [2.05, 4.69) is 38.8 Å². The van der Waals surface area contributed by atoms with Crippen LogP contribution in [0.15, 0.2) is 0 Å². The third-order valence-corrected chi connectivity index (χ3v) is 3.32. The van der Waals surface area contributed by atoms with E-state index in [1.165, 1.54) is 7.11 Å². The zero-order valence-corrected chi connectivity index (χ0v) is 11.8. The van der Waals surface area contributed by atoms with Crippen molar-refractivity contribution in [1.82, 2.24) is 19.9 Å². The molecule has 0 atom stereocenters. The number of hydrogen-bond donors (Lipinski definition) is 1. The van der Waals surface area contributed by atoms with Crippen molar-refractivity contribution in [3.63, 3.8) is 0 Å². The van der Waals surface area contributed by atoms with Crippen molar-refractivity contribution in [2.45, 2.75) is 12.8 Å². The van der Waals surface area contributed by atoms with Crippen molar-refractivity contribution in [2.24, 2.45) is 5.92 Å². The summed E-state index contributed by atoms with van der Waals surface area (Å²) in [5.74, 6) is 1.57. The molecule has 19 heavy (non-hydrogen) atoms. The second-order valence-corrected chi connectivity index (χ2v) is 5.17. The summed E-state index contributed by atoms with van der Waals surface area (Å²) in [7, 11) is 5.76. The van der Waals surface area contributed by atoms with Crippen molar-refractivity contribution in [2.75, 3.05) is 51.5 Å². The first-order valence-corrected chi connectivity index (χ1v) is 6.53. The largest absolute Gasteiger partial charge is 0.467 e. The highest BCUT2D eigenvalue weighted by Crippen LogP contribution is 2.22. The summed E-state index contributed by atoms with van der Waals surface area (Å²) in [6, 6.07) is 0.276. The van der Waals surface area contributed by atoms with Crippen LogP contribution in [0.2, 0.25) is 0 Å². The van der Waals surface area contributed by atoms with Gasteiger partial charge < -0.3 is 20.3 Å². The van der Waals surface area contributed by atoms with E-state index in [9.17, 15) is 0 Å². The average Bonchev–Trinajstić information content (AvgIpc) is 2.38. The van der Waals surface area contributed by atoms with Crippen molar-refractivity contribution < 1.29 is 4.74 Å². The standard InChI is InChI=1S/C12H22N6O/c1-17(2)8-9-4-6-18(7-5-9)11-14-10(13)15-12(16-11)19-3/h9H,4-8H2,1-3H3,(H2,13,14,15,16). The molecule has 0 aromatic carbocycles. The number of ether oxygens (including phenoxy) is 1. The van der Waals surface area contributed by atoms with Crippen molar-refractivity contribution in [3.8, 4) is 6.01 Å². The Morgan fingerprint density at radius 1 is 1.26 bits per heavy atom. The molecule has 0 bridgehead atoms. The van der Waals surface area contributed by atoms with Gasteiger partial charge in [-0.2, -0.15) is 15.0 Å². The highest BCUT2D eigenvalue weighted by molar-refractivity contribution is 5.36. The van der Waals surface area contributed by atoms with Gasteiger partial charge in [-0.3, -0.25) is 0 Å². The van der Waals surface area contributed by atoms with E-state index in [4.69, 9.17) is 10.5 Å². The second-order valence-electron chi connectivity index (χ2n) is 5.17. The van der Waals surface area contributed by atoms with E-state index in [1.54, 1.807) is 0 Å². The number of hydrogen-bond acceptors (Lipinski definition) is 7. The molecule has 0 saturated carbocycles. The fourth-order valence-electron chi connectivity index (χ4n) is 2.43. The molecule has 0 radical (unpaired) electrons. The van der Waals surface area contributed by atoms with Crippen LogP contribution in [0.4, 0.5) is 11.9 Å². The second kappa shape index (κ2) is 6.01. The molecule has 7 nitrogen and oxygen atoms in total. The maximum absolute atomic E-state index is 5.66. The Bertz CT molecular complexity index is 417. The van der Waals surface area contributed by atoms with E-state index in [0.29, 0.717) is 5.95 Å². The van der Waals surface area contributed by atoms with E-state index in [1.807, 2.05) is 0 Å². The van der Waals surface area contributed by atoms with Crippen LogP contribution in [0, 0.1) is 5.92 Å². The Hall–Kier alpha value is -1.63. The lowest BCUT2D eigenvalue weighted by atomic mass is 9.97. The van der Waals surface area contributed by atoms with Gasteiger partial charge in [0.25, 0.3) is 0 Å². The summed E-state index contributed by atoms with van der Waals surface area (Å²) in [5.41, 5.74) is 5.66. The summed E-state index contributed by atoms with van der Waals surface area (Å²) >= 11 is 0. The molecule has 1 aromatic heterocycles. The Balaban J connectivity index is 1.99. The number of nitrogens with zero attached hydrogens (tertiary/aromatic N) is 5. The first-order valence-electron chi connectivity index (χ1n) is 6.53. The van der Waals surface area contributed by atoms with Crippen LogP contribution in [0.25, 0.3) is 0 Å². The van der Waals surface area contributed by atoms with Gasteiger partial charge in [0.15, 0.2) is 0 Å². The lowest BCUT2D eigenvalue weighted by molar-refractivity contribution is 0.284. The van der Waals surface area contributed by atoms with Crippen LogP contribution in [0.1, 0.15) is 12.8 Å². The van der Waals surface area contributed by atoms with E-state index >= 15 is 0 Å². The fraction of sp³-hybridized carbons (Fsp3) is 0.750. The van der Waals surface area contributed by atoms with Crippen molar-refractivity contribution in [1.29, 1.82) is 0 Å².